The SMILES string of the molecule is Cc1nn(C)c(C(=O)Nc2ccc(OC(F)F)cc2)c1N. The topological polar surface area (TPSA) is 82.2 Å². The molecule has 0 radical (unpaired) electrons. The highest BCUT2D eigenvalue weighted by Gasteiger charge is 2.18. The highest BCUT2D eigenvalue weighted by Crippen LogP contribution is 2.20. The molecule has 8 heteroatoms. The summed E-state index contributed by atoms with van der Waals surface area (Å²) in [4.78, 5) is 12.1. The first-order valence-corrected chi connectivity index (χ1v) is 6.03. The van der Waals surface area contributed by atoms with Crippen molar-refractivity contribution in [2.45, 2.75) is 13.5 Å². The maximum Gasteiger partial charge on any atom is 0.387 e. The molecule has 112 valence electrons. The molecule has 1 aromatic heterocycles. The van der Waals surface area contributed by atoms with E-state index in [4.69, 9.17) is 5.73 Å². The van der Waals surface area contributed by atoms with Crippen LogP contribution in [0.2, 0.25) is 0 Å². The number of carbonyl (C=O) groups is 1. The van der Waals surface area contributed by atoms with Gasteiger partial charge in [-0.1, -0.05) is 0 Å². The Kier molecular flexibility index (Phi) is 4.06. The number of rotatable bonds is 4. The van der Waals surface area contributed by atoms with Crippen molar-refractivity contribution in [2.75, 3.05) is 11.1 Å². The van der Waals surface area contributed by atoms with E-state index in [1.807, 2.05) is 0 Å². The van der Waals surface area contributed by atoms with E-state index in [1.165, 1.54) is 28.9 Å². The van der Waals surface area contributed by atoms with E-state index in [-0.39, 0.29) is 11.4 Å². The lowest BCUT2D eigenvalue weighted by atomic mass is 10.2. The number of anilines is 2. The van der Waals surface area contributed by atoms with Gasteiger partial charge in [-0.2, -0.15) is 13.9 Å². The Morgan fingerprint density at radius 2 is 2.00 bits per heavy atom. The fourth-order valence-corrected chi connectivity index (χ4v) is 1.85. The van der Waals surface area contributed by atoms with E-state index in [0.717, 1.165) is 0 Å². The fourth-order valence-electron chi connectivity index (χ4n) is 1.85. The molecule has 2 aromatic rings. The number of nitrogens with two attached hydrogens (primary N) is 1. The minimum Gasteiger partial charge on any atom is -0.435 e. The summed E-state index contributed by atoms with van der Waals surface area (Å²) >= 11 is 0. The molecule has 0 spiro atoms. The van der Waals surface area contributed by atoms with Gasteiger partial charge in [-0.15, -0.1) is 0 Å². The average molecular weight is 296 g/mol. The lowest BCUT2D eigenvalue weighted by Crippen LogP contribution is -2.17. The minimum absolute atomic E-state index is 0.0129. The number of aryl methyl sites for hydroxylation is 2. The van der Waals surface area contributed by atoms with E-state index in [0.29, 0.717) is 17.1 Å². The number of hydrogen-bond acceptors (Lipinski definition) is 4. The molecule has 0 aliphatic carbocycles. The number of amides is 1. The largest absolute Gasteiger partial charge is 0.435 e. The van der Waals surface area contributed by atoms with Gasteiger partial charge in [-0.3, -0.25) is 9.48 Å². The van der Waals surface area contributed by atoms with Crippen LogP contribution in [0.15, 0.2) is 24.3 Å². The average Bonchev–Trinajstić information content (AvgIpc) is 2.65. The smallest absolute Gasteiger partial charge is 0.387 e. The zero-order chi connectivity index (χ0) is 15.6. The highest BCUT2D eigenvalue weighted by molar-refractivity contribution is 6.06. The summed E-state index contributed by atoms with van der Waals surface area (Å²) in [6.07, 6.45) is 0. The molecule has 0 unspecified atom stereocenters. The molecule has 0 saturated heterocycles. The summed E-state index contributed by atoms with van der Waals surface area (Å²) < 4.78 is 29.7. The van der Waals surface area contributed by atoms with Crippen LogP contribution in [-0.4, -0.2) is 22.3 Å². The molecule has 1 aromatic carbocycles. The second-order valence-corrected chi connectivity index (χ2v) is 4.33. The van der Waals surface area contributed by atoms with Crippen molar-refractivity contribution in [3.8, 4) is 5.75 Å². The number of carbonyl (C=O) groups excluding carboxylic acids is 1. The lowest BCUT2D eigenvalue weighted by molar-refractivity contribution is -0.0498. The monoisotopic (exact) mass is 296 g/mol. The van der Waals surface area contributed by atoms with Crippen LogP contribution in [0.3, 0.4) is 0 Å². The summed E-state index contributed by atoms with van der Waals surface area (Å²) in [6, 6.07) is 5.57. The van der Waals surface area contributed by atoms with E-state index in [9.17, 15) is 13.6 Å². The molecule has 6 nitrogen and oxygen atoms in total. The van der Waals surface area contributed by atoms with Crippen molar-refractivity contribution in [3.63, 3.8) is 0 Å². The first-order valence-electron chi connectivity index (χ1n) is 6.03. The molecule has 0 aliphatic rings. The number of benzene rings is 1. The summed E-state index contributed by atoms with van der Waals surface area (Å²) in [5.41, 5.74) is 7.31. The second kappa shape index (κ2) is 5.78. The molecule has 3 N–H and O–H groups in total. The minimum atomic E-state index is -2.89. The van der Waals surface area contributed by atoms with Gasteiger partial charge in [0.25, 0.3) is 5.91 Å². The number of halogens is 2. The summed E-state index contributed by atoms with van der Waals surface area (Å²) in [5.74, 6) is -0.419. The lowest BCUT2D eigenvalue weighted by Gasteiger charge is -2.08. The van der Waals surface area contributed by atoms with Gasteiger partial charge in [0.1, 0.15) is 11.4 Å². The Hall–Kier alpha value is -2.64. The molecule has 0 saturated carbocycles. The molecule has 0 aliphatic heterocycles. The van der Waals surface area contributed by atoms with Crippen LogP contribution >= 0.6 is 0 Å². The van der Waals surface area contributed by atoms with Crippen molar-refractivity contribution in [2.24, 2.45) is 7.05 Å². The number of nitrogens with zero attached hydrogens (tertiary/aromatic N) is 2. The molecule has 1 heterocycles. The van der Waals surface area contributed by atoms with E-state index in [2.05, 4.69) is 15.2 Å². The molecule has 0 fully saturated rings. The standard InChI is InChI=1S/C13H14F2N4O2/c1-7-10(16)11(19(2)18-7)12(20)17-8-3-5-9(6-4-8)21-13(14)15/h3-6,13H,16H2,1-2H3,(H,17,20). The molecule has 1 amide bonds. The van der Waals surface area contributed by atoms with Gasteiger partial charge in [0.05, 0.1) is 11.4 Å². The van der Waals surface area contributed by atoms with Crippen LogP contribution in [0.1, 0.15) is 16.2 Å². The first kappa shape index (κ1) is 14.8. The molecule has 21 heavy (non-hydrogen) atoms. The Balaban J connectivity index is 2.12. The van der Waals surface area contributed by atoms with Crippen LogP contribution < -0.4 is 15.8 Å². The predicted octanol–water partition coefficient (Wildman–Crippen LogP) is 2.16. The van der Waals surface area contributed by atoms with Crippen LogP contribution in [0.25, 0.3) is 0 Å². The second-order valence-electron chi connectivity index (χ2n) is 4.33. The van der Waals surface area contributed by atoms with E-state index < -0.39 is 12.5 Å². The third-order valence-electron chi connectivity index (χ3n) is 2.82. The summed E-state index contributed by atoms with van der Waals surface area (Å²) in [7, 11) is 1.61. The molecule has 0 bridgehead atoms. The quantitative estimate of drug-likeness (QED) is 0.905. The summed E-state index contributed by atoms with van der Waals surface area (Å²) in [6.45, 7) is -1.19. The van der Waals surface area contributed by atoms with Crippen molar-refractivity contribution < 1.29 is 18.3 Å². The molecule has 0 atom stereocenters. The number of nitrogen functional groups attached to an aromatic ring is 1. The van der Waals surface area contributed by atoms with Crippen LogP contribution in [0, 0.1) is 6.92 Å². The number of hydrogen-bond donors (Lipinski definition) is 2. The molecule has 2 rings (SSSR count). The van der Waals surface area contributed by atoms with Crippen LogP contribution in [-0.2, 0) is 7.05 Å². The van der Waals surface area contributed by atoms with Crippen molar-refractivity contribution >= 4 is 17.3 Å². The highest BCUT2D eigenvalue weighted by atomic mass is 19.3. The van der Waals surface area contributed by atoms with Crippen LogP contribution in [0.4, 0.5) is 20.2 Å². The number of alkyl halides is 2. The molecular weight excluding hydrogens is 282 g/mol. The first-order chi connectivity index (χ1) is 9.88. The maximum absolute atomic E-state index is 12.1. The summed E-state index contributed by atoms with van der Waals surface area (Å²) in [5, 5.41) is 6.66. The zero-order valence-electron chi connectivity index (χ0n) is 11.4. The normalized spacial score (nSPS) is 10.7. The van der Waals surface area contributed by atoms with Gasteiger partial charge in [-0.25, -0.2) is 0 Å². The van der Waals surface area contributed by atoms with Gasteiger partial charge in [-0.05, 0) is 31.2 Å². The van der Waals surface area contributed by atoms with Gasteiger partial charge >= 0.3 is 6.61 Å². The Labute approximate surface area is 119 Å². The Morgan fingerprint density at radius 1 is 1.38 bits per heavy atom. The third-order valence-corrected chi connectivity index (χ3v) is 2.82. The van der Waals surface area contributed by atoms with Crippen molar-refractivity contribution in [1.82, 2.24) is 9.78 Å². The number of nitrogens with one attached hydrogen (secondary N) is 1. The van der Waals surface area contributed by atoms with Crippen molar-refractivity contribution in [1.29, 1.82) is 0 Å². The predicted molar refractivity (Wildman–Crippen MR) is 73.4 cm³/mol. The van der Waals surface area contributed by atoms with Gasteiger partial charge in [0.2, 0.25) is 0 Å². The number of aromatic nitrogens is 2. The van der Waals surface area contributed by atoms with E-state index >= 15 is 0 Å². The Bertz CT molecular complexity index is 653. The fraction of sp³-hybridized carbons (Fsp3) is 0.231. The third kappa shape index (κ3) is 3.28. The Morgan fingerprint density at radius 3 is 2.48 bits per heavy atom. The number of ether oxygens (including phenoxy) is 1. The van der Waals surface area contributed by atoms with Gasteiger partial charge in [0, 0.05) is 12.7 Å². The van der Waals surface area contributed by atoms with Gasteiger partial charge in [0.15, 0.2) is 0 Å². The zero-order valence-corrected chi connectivity index (χ0v) is 11.4. The molecular formula is C13H14F2N4O2. The maximum atomic E-state index is 12.1. The van der Waals surface area contributed by atoms with Crippen LogP contribution in [0.5, 0.6) is 5.75 Å². The van der Waals surface area contributed by atoms with Gasteiger partial charge < -0.3 is 15.8 Å². The van der Waals surface area contributed by atoms with Crippen molar-refractivity contribution in [3.05, 3.63) is 35.7 Å². The van der Waals surface area contributed by atoms with E-state index in [1.54, 1.807) is 14.0 Å².